The van der Waals surface area contributed by atoms with Crippen LogP contribution in [-0.4, -0.2) is 23.2 Å². The molecule has 1 heterocycles. The molecule has 3 nitrogen and oxygen atoms in total. The quantitative estimate of drug-likeness (QED) is 0.715. The van der Waals surface area contributed by atoms with E-state index >= 15 is 0 Å². The Labute approximate surface area is 89.1 Å². The molecule has 1 aromatic rings. The van der Waals surface area contributed by atoms with Crippen LogP contribution >= 0.6 is 11.6 Å². The summed E-state index contributed by atoms with van der Waals surface area (Å²) in [6.07, 6.45) is 4.58. The number of hydrogen-bond donors (Lipinski definition) is 2. The second kappa shape index (κ2) is 6.62. The molecule has 0 bridgehead atoms. The predicted molar refractivity (Wildman–Crippen MR) is 58.7 cm³/mol. The van der Waals surface area contributed by atoms with Gasteiger partial charge in [0.1, 0.15) is 5.82 Å². The van der Waals surface area contributed by atoms with Gasteiger partial charge in [0.2, 0.25) is 0 Å². The highest BCUT2D eigenvalue weighted by molar-refractivity contribution is 6.30. The van der Waals surface area contributed by atoms with Crippen molar-refractivity contribution in [3.05, 3.63) is 23.4 Å². The van der Waals surface area contributed by atoms with E-state index in [1.165, 1.54) is 0 Å². The molecule has 14 heavy (non-hydrogen) atoms. The van der Waals surface area contributed by atoms with Crippen LogP contribution in [0.4, 0.5) is 5.82 Å². The van der Waals surface area contributed by atoms with E-state index in [0.29, 0.717) is 5.02 Å². The van der Waals surface area contributed by atoms with Crippen molar-refractivity contribution in [1.82, 2.24) is 4.98 Å². The zero-order valence-corrected chi connectivity index (χ0v) is 8.80. The molecule has 78 valence electrons. The third-order valence-corrected chi connectivity index (χ3v) is 2.09. The Morgan fingerprint density at radius 2 is 2.14 bits per heavy atom. The van der Waals surface area contributed by atoms with E-state index in [-0.39, 0.29) is 6.61 Å². The van der Waals surface area contributed by atoms with Crippen LogP contribution in [0.3, 0.4) is 0 Å². The molecule has 0 saturated heterocycles. The molecule has 0 spiro atoms. The lowest BCUT2D eigenvalue weighted by atomic mass is 10.2. The van der Waals surface area contributed by atoms with Gasteiger partial charge in [-0.15, -0.1) is 0 Å². The van der Waals surface area contributed by atoms with Crippen molar-refractivity contribution in [2.75, 3.05) is 18.5 Å². The number of unbranched alkanes of at least 4 members (excludes halogenated alkanes) is 2. The number of rotatable bonds is 6. The number of nitrogens with one attached hydrogen (secondary N) is 1. The summed E-state index contributed by atoms with van der Waals surface area (Å²) in [7, 11) is 0. The smallest absolute Gasteiger partial charge is 0.125 e. The summed E-state index contributed by atoms with van der Waals surface area (Å²) in [5.74, 6) is 0.846. The molecule has 1 rings (SSSR count). The highest BCUT2D eigenvalue weighted by Gasteiger charge is 1.93. The Kier molecular flexibility index (Phi) is 5.33. The maximum absolute atomic E-state index is 8.57. The van der Waals surface area contributed by atoms with Gasteiger partial charge in [-0.1, -0.05) is 11.6 Å². The zero-order chi connectivity index (χ0) is 10.2. The van der Waals surface area contributed by atoms with Gasteiger partial charge in [0.05, 0.1) is 5.02 Å². The van der Waals surface area contributed by atoms with Crippen molar-refractivity contribution in [3.8, 4) is 0 Å². The maximum atomic E-state index is 8.57. The molecule has 0 aliphatic carbocycles. The molecule has 4 heteroatoms. The maximum Gasteiger partial charge on any atom is 0.125 e. The first-order valence-corrected chi connectivity index (χ1v) is 5.17. The first kappa shape index (κ1) is 11.3. The zero-order valence-electron chi connectivity index (χ0n) is 8.04. The second-order valence-corrected chi connectivity index (χ2v) is 3.51. The molecule has 2 N–H and O–H groups in total. The molecule has 0 radical (unpaired) electrons. The summed E-state index contributed by atoms with van der Waals surface area (Å²) < 4.78 is 0. The van der Waals surface area contributed by atoms with Gasteiger partial charge in [-0.2, -0.15) is 0 Å². The molecular weight excluding hydrogens is 200 g/mol. The van der Waals surface area contributed by atoms with Crippen LogP contribution in [0, 0.1) is 0 Å². The summed E-state index contributed by atoms with van der Waals surface area (Å²) >= 11 is 5.70. The molecule has 0 unspecified atom stereocenters. The minimum Gasteiger partial charge on any atom is -0.396 e. The average molecular weight is 215 g/mol. The van der Waals surface area contributed by atoms with Crippen molar-refractivity contribution in [2.45, 2.75) is 19.3 Å². The summed E-state index contributed by atoms with van der Waals surface area (Å²) in [4.78, 5) is 4.10. The predicted octanol–water partition coefficient (Wildman–Crippen LogP) is 2.31. The molecule has 0 aliphatic heterocycles. The van der Waals surface area contributed by atoms with Gasteiger partial charge >= 0.3 is 0 Å². The Balaban J connectivity index is 2.15. The van der Waals surface area contributed by atoms with Gasteiger partial charge < -0.3 is 10.4 Å². The van der Waals surface area contributed by atoms with E-state index in [9.17, 15) is 0 Å². The first-order valence-electron chi connectivity index (χ1n) is 4.79. The highest BCUT2D eigenvalue weighted by Crippen LogP contribution is 2.09. The van der Waals surface area contributed by atoms with E-state index in [0.717, 1.165) is 31.6 Å². The Bertz CT molecular complexity index is 251. The number of hydrogen-bond acceptors (Lipinski definition) is 3. The number of halogens is 1. The number of pyridine rings is 1. The van der Waals surface area contributed by atoms with Crippen molar-refractivity contribution < 1.29 is 5.11 Å². The monoisotopic (exact) mass is 214 g/mol. The highest BCUT2D eigenvalue weighted by atomic mass is 35.5. The molecule has 0 aromatic carbocycles. The minimum atomic E-state index is 0.277. The van der Waals surface area contributed by atoms with Gasteiger partial charge in [-0.3, -0.25) is 0 Å². The number of aromatic nitrogens is 1. The summed E-state index contributed by atoms with van der Waals surface area (Å²) in [5, 5.41) is 12.4. The SMILES string of the molecule is OCCCCCNc1ccc(Cl)cn1. The molecule has 0 saturated carbocycles. The fourth-order valence-corrected chi connectivity index (χ4v) is 1.22. The molecule has 0 amide bonds. The fourth-order valence-electron chi connectivity index (χ4n) is 1.11. The lowest BCUT2D eigenvalue weighted by molar-refractivity contribution is 0.283. The van der Waals surface area contributed by atoms with E-state index in [1.807, 2.05) is 12.1 Å². The van der Waals surface area contributed by atoms with Crippen LogP contribution in [0.5, 0.6) is 0 Å². The van der Waals surface area contributed by atoms with Crippen LogP contribution < -0.4 is 5.32 Å². The summed E-state index contributed by atoms with van der Waals surface area (Å²) in [6.45, 7) is 1.16. The number of aliphatic hydroxyl groups is 1. The van der Waals surface area contributed by atoms with Crippen LogP contribution in [0.1, 0.15) is 19.3 Å². The van der Waals surface area contributed by atoms with Gasteiger partial charge in [-0.25, -0.2) is 4.98 Å². The third kappa shape index (κ3) is 4.44. The summed E-state index contributed by atoms with van der Waals surface area (Å²) in [6, 6.07) is 3.67. The van der Waals surface area contributed by atoms with Crippen molar-refractivity contribution in [1.29, 1.82) is 0 Å². The molecule has 0 aliphatic rings. The standard InChI is InChI=1S/C10H15ClN2O/c11-9-4-5-10(13-8-9)12-6-2-1-3-7-14/h4-5,8,14H,1-3,6-7H2,(H,12,13). The Morgan fingerprint density at radius 3 is 2.79 bits per heavy atom. The summed E-state index contributed by atoms with van der Waals surface area (Å²) in [5.41, 5.74) is 0. The van der Waals surface area contributed by atoms with Crippen molar-refractivity contribution >= 4 is 17.4 Å². The van der Waals surface area contributed by atoms with Crippen LogP contribution in [-0.2, 0) is 0 Å². The van der Waals surface area contributed by atoms with Crippen LogP contribution in [0.15, 0.2) is 18.3 Å². The van der Waals surface area contributed by atoms with Gasteiger partial charge in [-0.05, 0) is 31.4 Å². The van der Waals surface area contributed by atoms with Gasteiger partial charge in [0.25, 0.3) is 0 Å². The number of anilines is 1. The minimum absolute atomic E-state index is 0.277. The third-order valence-electron chi connectivity index (χ3n) is 1.87. The number of nitrogens with zero attached hydrogens (tertiary/aromatic N) is 1. The molecule has 0 fully saturated rings. The van der Waals surface area contributed by atoms with Crippen LogP contribution in [0.25, 0.3) is 0 Å². The van der Waals surface area contributed by atoms with Crippen molar-refractivity contribution in [2.24, 2.45) is 0 Å². The second-order valence-electron chi connectivity index (χ2n) is 3.07. The first-order chi connectivity index (χ1) is 6.83. The fraction of sp³-hybridized carbons (Fsp3) is 0.500. The topological polar surface area (TPSA) is 45.1 Å². The van der Waals surface area contributed by atoms with Crippen molar-refractivity contribution in [3.63, 3.8) is 0 Å². The average Bonchev–Trinajstić information content (AvgIpc) is 2.21. The Morgan fingerprint density at radius 1 is 1.29 bits per heavy atom. The lowest BCUT2D eigenvalue weighted by Crippen LogP contribution is -2.03. The van der Waals surface area contributed by atoms with Gasteiger partial charge in [0, 0.05) is 19.3 Å². The van der Waals surface area contributed by atoms with E-state index in [4.69, 9.17) is 16.7 Å². The normalized spacial score (nSPS) is 10.1. The number of aliphatic hydroxyl groups excluding tert-OH is 1. The molecule has 0 atom stereocenters. The largest absolute Gasteiger partial charge is 0.396 e. The lowest BCUT2D eigenvalue weighted by Gasteiger charge is -2.04. The van der Waals surface area contributed by atoms with E-state index in [1.54, 1.807) is 6.20 Å². The molecular formula is C10H15ClN2O. The van der Waals surface area contributed by atoms with Crippen LogP contribution in [0.2, 0.25) is 5.02 Å². The van der Waals surface area contributed by atoms with E-state index in [2.05, 4.69) is 10.3 Å². The molecule has 1 aromatic heterocycles. The van der Waals surface area contributed by atoms with E-state index < -0.39 is 0 Å². The Hall–Kier alpha value is -0.800. The van der Waals surface area contributed by atoms with Gasteiger partial charge in [0.15, 0.2) is 0 Å².